The van der Waals surface area contributed by atoms with Gasteiger partial charge in [0, 0.05) is 25.0 Å². The van der Waals surface area contributed by atoms with Crippen molar-refractivity contribution in [2.45, 2.75) is 13.5 Å². The minimum Gasteiger partial charge on any atom is -0.336 e. The Morgan fingerprint density at radius 3 is 2.38 bits per heavy atom. The van der Waals surface area contributed by atoms with Crippen LogP contribution in [0.5, 0.6) is 0 Å². The topological polar surface area (TPSA) is 51.0 Å². The Hall–Kier alpha value is -3.73. The lowest BCUT2D eigenvalue weighted by Crippen LogP contribution is -2.26. The van der Waals surface area contributed by atoms with Crippen LogP contribution in [0.1, 0.15) is 21.6 Å². The van der Waals surface area contributed by atoms with Gasteiger partial charge in [0.05, 0.1) is 23.5 Å². The Morgan fingerprint density at radius 1 is 0.966 bits per heavy atom. The molecular formula is C24H22N4O. The molecule has 4 aromatic rings. The van der Waals surface area contributed by atoms with Gasteiger partial charge >= 0.3 is 0 Å². The number of amides is 1. The summed E-state index contributed by atoms with van der Waals surface area (Å²) >= 11 is 0. The molecule has 1 amide bonds. The Bertz CT molecular complexity index is 1100. The molecule has 0 aliphatic rings. The molecule has 0 saturated heterocycles. The van der Waals surface area contributed by atoms with Crippen molar-refractivity contribution < 1.29 is 4.79 Å². The number of carbonyl (C=O) groups excluding carboxylic acids is 1. The van der Waals surface area contributed by atoms with Gasteiger partial charge in [-0.25, -0.2) is 4.68 Å². The third kappa shape index (κ3) is 4.09. The molecule has 0 aliphatic carbocycles. The summed E-state index contributed by atoms with van der Waals surface area (Å²) in [5, 5.41) is 4.74. The minimum absolute atomic E-state index is 0.0899. The SMILES string of the molecule is Cc1ccc(-n2cc(C(=O)N(C)Cc3ccccn3)c(-c3ccccc3)n2)cc1. The second kappa shape index (κ2) is 8.10. The third-order valence-electron chi connectivity index (χ3n) is 4.76. The first kappa shape index (κ1) is 18.6. The van der Waals surface area contributed by atoms with Crippen molar-refractivity contribution in [1.82, 2.24) is 19.7 Å². The molecule has 0 aliphatic heterocycles. The summed E-state index contributed by atoms with van der Waals surface area (Å²) in [5.41, 5.74) is 5.08. The van der Waals surface area contributed by atoms with E-state index in [0.717, 1.165) is 16.9 Å². The van der Waals surface area contributed by atoms with E-state index in [1.807, 2.05) is 85.9 Å². The number of aromatic nitrogens is 3. The zero-order valence-corrected chi connectivity index (χ0v) is 16.5. The zero-order valence-electron chi connectivity index (χ0n) is 16.5. The molecule has 4 rings (SSSR count). The molecule has 2 aromatic heterocycles. The van der Waals surface area contributed by atoms with E-state index in [1.54, 1.807) is 22.8 Å². The van der Waals surface area contributed by atoms with Crippen LogP contribution in [0.15, 0.2) is 85.2 Å². The molecule has 2 heterocycles. The molecule has 5 heteroatoms. The van der Waals surface area contributed by atoms with Gasteiger partial charge in [-0.05, 0) is 31.2 Å². The van der Waals surface area contributed by atoms with Crippen LogP contribution >= 0.6 is 0 Å². The Kier molecular flexibility index (Phi) is 5.20. The van der Waals surface area contributed by atoms with Crippen molar-refractivity contribution in [3.8, 4) is 16.9 Å². The minimum atomic E-state index is -0.0899. The second-order valence-corrected chi connectivity index (χ2v) is 7.02. The predicted octanol–water partition coefficient (Wildman–Crippen LogP) is 4.51. The molecular weight excluding hydrogens is 360 g/mol. The van der Waals surface area contributed by atoms with Gasteiger partial charge in [-0.2, -0.15) is 5.10 Å². The van der Waals surface area contributed by atoms with Crippen molar-refractivity contribution >= 4 is 5.91 Å². The monoisotopic (exact) mass is 382 g/mol. The van der Waals surface area contributed by atoms with Gasteiger partial charge in [-0.1, -0.05) is 54.1 Å². The number of hydrogen-bond acceptors (Lipinski definition) is 3. The fraction of sp³-hybridized carbons (Fsp3) is 0.125. The van der Waals surface area contributed by atoms with E-state index in [2.05, 4.69) is 4.98 Å². The van der Waals surface area contributed by atoms with Gasteiger partial charge in [0.15, 0.2) is 0 Å². The fourth-order valence-electron chi connectivity index (χ4n) is 3.18. The lowest BCUT2D eigenvalue weighted by molar-refractivity contribution is 0.0784. The predicted molar refractivity (Wildman–Crippen MR) is 114 cm³/mol. The van der Waals surface area contributed by atoms with E-state index in [1.165, 1.54) is 5.56 Å². The van der Waals surface area contributed by atoms with Crippen molar-refractivity contribution in [3.63, 3.8) is 0 Å². The number of carbonyl (C=O) groups is 1. The fourth-order valence-corrected chi connectivity index (χ4v) is 3.18. The number of rotatable bonds is 5. The van der Waals surface area contributed by atoms with Gasteiger partial charge in [-0.3, -0.25) is 9.78 Å². The molecule has 29 heavy (non-hydrogen) atoms. The molecule has 0 spiro atoms. The first-order valence-electron chi connectivity index (χ1n) is 9.49. The van der Waals surface area contributed by atoms with E-state index in [0.29, 0.717) is 17.8 Å². The zero-order chi connectivity index (χ0) is 20.2. The highest BCUT2D eigenvalue weighted by atomic mass is 16.2. The Morgan fingerprint density at radius 2 is 1.69 bits per heavy atom. The van der Waals surface area contributed by atoms with E-state index >= 15 is 0 Å². The molecule has 0 saturated carbocycles. The normalized spacial score (nSPS) is 10.7. The van der Waals surface area contributed by atoms with E-state index in [4.69, 9.17) is 5.10 Å². The van der Waals surface area contributed by atoms with E-state index < -0.39 is 0 Å². The van der Waals surface area contributed by atoms with Crippen LogP contribution in [-0.2, 0) is 6.54 Å². The van der Waals surface area contributed by atoms with Crippen LogP contribution in [0.25, 0.3) is 16.9 Å². The first-order valence-corrected chi connectivity index (χ1v) is 9.49. The van der Waals surface area contributed by atoms with E-state index in [9.17, 15) is 4.79 Å². The van der Waals surface area contributed by atoms with Crippen LogP contribution in [0.2, 0.25) is 0 Å². The van der Waals surface area contributed by atoms with Gasteiger partial charge in [0.2, 0.25) is 0 Å². The number of nitrogens with zero attached hydrogens (tertiary/aromatic N) is 4. The van der Waals surface area contributed by atoms with Crippen LogP contribution in [-0.4, -0.2) is 32.6 Å². The molecule has 0 bridgehead atoms. The summed E-state index contributed by atoms with van der Waals surface area (Å²) in [7, 11) is 1.79. The molecule has 0 atom stereocenters. The number of benzene rings is 2. The average molecular weight is 382 g/mol. The summed E-state index contributed by atoms with van der Waals surface area (Å²) in [6, 6.07) is 23.6. The van der Waals surface area contributed by atoms with Gasteiger partial charge < -0.3 is 4.90 Å². The standard InChI is InChI=1S/C24H22N4O/c1-18-11-13-21(14-12-18)28-17-22(23(26-28)19-8-4-3-5-9-19)24(29)27(2)16-20-10-6-7-15-25-20/h3-15,17H,16H2,1-2H3. The Labute approximate surface area is 170 Å². The van der Waals surface area contributed by atoms with Crippen molar-refractivity contribution in [2.24, 2.45) is 0 Å². The number of hydrogen-bond donors (Lipinski definition) is 0. The van der Waals surface area contributed by atoms with E-state index in [-0.39, 0.29) is 5.91 Å². The highest BCUT2D eigenvalue weighted by Gasteiger charge is 2.22. The molecule has 5 nitrogen and oxygen atoms in total. The molecule has 0 fully saturated rings. The van der Waals surface area contributed by atoms with Crippen LogP contribution in [0.3, 0.4) is 0 Å². The molecule has 0 radical (unpaired) electrons. The molecule has 0 N–H and O–H groups in total. The van der Waals surface area contributed by atoms with Gasteiger partial charge in [-0.15, -0.1) is 0 Å². The van der Waals surface area contributed by atoms with Crippen molar-refractivity contribution in [3.05, 3.63) is 102 Å². The lowest BCUT2D eigenvalue weighted by atomic mass is 10.1. The summed E-state index contributed by atoms with van der Waals surface area (Å²) < 4.78 is 1.77. The summed E-state index contributed by atoms with van der Waals surface area (Å²) in [6.45, 7) is 2.48. The maximum absolute atomic E-state index is 13.3. The lowest BCUT2D eigenvalue weighted by Gasteiger charge is -2.16. The summed E-state index contributed by atoms with van der Waals surface area (Å²) in [5.74, 6) is -0.0899. The summed E-state index contributed by atoms with van der Waals surface area (Å²) in [6.07, 6.45) is 3.54. The molecule has 144 valence electrons. The quantitative estimate of drug-likeness (QED) is 0.510. The van der Waals surface area contributed by atoms with Crippen molar-refractivity contribution in [1.29, 1.82) is 0 Å². The largest absolute Gasteiger partial charge is 0.336 e. The second-order valence-electron chi connectivity index (χ2n) is 7.02. The number of aryl methyl sites for hydroxylation is 1. The maximum atomic E-state index is 13.3. The molecule has 0 unspecified atom stereocenters. The molecule has 2 aromatic carbocycles. The summed E-state index contributed by atoms with van der Waals surface area (Å²) in [4.78, 5) is 19.3. The highest BCUT2D eigenvalue weighted by Crippen LogP contribution is 2.25. The van der Waals surface area contributed by atoms with Crippen LogP contribution in [0.4, 0.5) is 0 Å². The smallest absolute Gasteiger partial charge is 0.257 e. The van der Waals surface area contributed by atoms with Crippen molar-refractivity contribution in [2.75, 3.05) is 7.05 Å². The highest BCUT2D eigenvalue weighted by molar-refractivity contribution is 5.99. The average Bonchev–Trinajstić information content (AvgIpc) is 3.20. The third-order valence-corrected chi connectivity index (χ3v) is 4.76. The van der Waals surface area contributed by atoms with Crippen LogP contribution in [0, 0.1) is 6.92 Å². The van der Waals surface area contributed by atoms with Crippen LogP contribution < -0.4 is 0 Å². The maximum Gasteiger partial charge on any atom is 0.257 e. The first-order chi connectivity index (χ1) is 14.1. The van der Waals surface area contributed by atoms with Gasteiger partial charge in [0.1, 0.15) is 5.69 Å². The van der Waals surface area contributed by atoms with Gasteiger partial charge in [0.25, 0.3) is 5.91 Å². The number of pyridine rings is 1. The Balaban J connectivity index is 1.72.